The number of fused-ring (bicyclic) bond motifs is 2. The van der Waals surface area contributed by atoms with E-state index < -0.39 is 11.9 Å². The number of nitrogens with one attached hydrogen (secondary N) is 1. The number of anilines is 1. The predicted octanol–water partition coefficient (Wildman–Crippen LogP) is 4.62. The standard InChI is InChI=1S/C35H33F3N8O3/c1-4-21-11-27-30(5-7-40-31(27)28(12-21)33(48)41-23-16-45(17-23)20(2)47)46-9-6-24-25(29-18-43(3)42-32(29)35(36,37)38)13-22(14-26(24)34(46)49)15-44-10-8-39-19-44/h5,7-8,10-14,18-19,23H,4,6,9,15-17H2,1-3H3,(H,41,48). The van der Waals surface area contributed by atoms with Crippen LogP contribution < -0.4 is 10.2 Å². The molecule has 3 amide bonds. The van der Waals surface area contributed by atoms with Crippen molar-refractivity contribution in [2.75, 3.05) is 24.5 Å². The fourth-order valence-corrected chi connectivity index (χ4v) is 6.71. The summed E-state index contributed by atoms with van der Waals surface area (Å²) in [6.07, 6.45) is 4.05. The monoisotopic (exact) mass is 670 g/mol. The van der Waals surface area contributed by atoms with Gasteiger partial charge in [-0.1, -0.05) is 6.92 Å². The van der Waals surface area contributed by atoms with Crippen LogP contribution in [-0.4, -0.2) is 72.6 Å². The smallest absolute Gasteiger partial charge is 0.346 e. The molecule has 7 rings (SSSR count). The molecular formula is C35H33F3N8O3. The van der Waals surface area contributed by atoms with Gasteiger partial charge in [0.2, 0.25) is 5.91 Å². The fraction of sp³-hybridized carbons (Fsp3) is 0.314. The summed E-state index contributed by atoms with van der Waals surface area (Å²) in [4.78, 5) is 51.5. The summed E-state index contributed by atoms with van der Waals surface area (Å²) >= 11 is 0. The molecule has 11 nitrogen and oxygen atoms in total. The fourth-order valence-electron chi connectivity index (χ4n) is 6.71. The number of pyridine rings is 1. The van der Waals surface area contributed by atoms with Gasteiger partial charge in [0.05, 0.1) is 29.1 Å². The van der Waals surface area contributed by atoms with Gasteiger partial charge < -0.3 is 19.7 Å². The first-order valence-corrected chi connectivity index (χ1v) is 15.9. The summed E-state index contributed by atoms with van der Waals surface area (Å²) in [5.41, 5.74) is 2.87. The van der Waals surface area contributed by atoms with Crippen molar-refractivity contribution < 1.29 is 27.6 Å². The lowest BCUT2D eigenvalue weighted by Gasteiger charge is -2.38. The van der Waals surface area contributed by atoms with E-state index in [1.165, 1.54) is 20.2 Å². The number of nitrogens with zero attached hydrogens (tertiary/aromatic N) is 7. The number of rotatable bonds is 7. The van der Waals surface area contributed by atoms with Gasteiger partial charge in [0.15, 0.2) is 5.69 Å². The number of hydrogen-bond acceptors (Lipinski definition) is 6. The zero-order valence-electron chi connectivity index (χ0n) is 27.1. The van der Waals surface area contributed by atoms with Crippen molar-refractivity contribution in [1.29, 1.82) is 0 Å². The molecule has 14 heteroatoms. The molecule has 0 spiro atoms. The molecule has 1 fully saturated rings. The second-order valence-electron chi connectivity index (χ2n) is 12.5. The first-order chi connectivity index (χ1) is 23.4. The molecule has 0 unspecified atom stereocenters. The van der Waals surface area contributed by atoms with Crippen LogP contribution in [-0.2, 0) is 37.4 Å². The van der Waals surface area contributed by atoms with Crippen molar-refractivity contribution in [1.82, 2.24) is 34.5 Å². The minimum absolute atomic E-state index is 0.0507. The van der Waals surface area contributed by atoms with Crippen LogP contribution >= 0.6 is 0 Å². The maximum atomic E-state index is 14.5. The van der Waals surface area contributed by atoms with E-state index in [2.05, 4.69) is 20.4 Å². The normalized spacial score (nSPS) is 15.0. The van der Waals surface area contributed by atoms with E-state index >= 15 is 0 Å². The maximum Gasteiger partial charge on any atom is 0.435 e. The molecule has 0 atom stereocenters. The quantitative estimate of drug-likeness (QED) is 0.270. The summed E-state index contributed by atoms with van der Waals surface area (Å²) in [5.74, 6) is -0.740. The number of carbonyl (C=O) groups excluding carboxylic acids is 3. The molecule has 3 aromatic heterocycles. The van der Waals surface area contributed by atoms with E-state index in [4.69, 9.17) is 0 Å². The number of benzene rings is 2. The number of aromatic nitrogens is 5. The number of imidazole rings is 1. The van der Waals surface area contributed by atoms with Gasteiger partial charge in [-0.2, -0.15) is 18.3 Å². The van der Waals surface area contributed by atoms with Crippen molar-refractivity contribution in [3.05, 3.63) is 95.0 Å². The zero-order valence-corrected chi connectivity index (χ0v) is 27.1. The summed E-state index contributed by atoms with van der Waals surface area (Å²) in [5, 5.41) is 7.34. The average Bonchev–Trinajstić information content (AvgIpc) is 3.71. The SMILES string of the molecule is CCc1cc(C(=O)NC2CN(C(C)=O)C2)c2nccc(N3CCc4c(cc(Cn5ccnc5)cc4-c4cn(C)nc4C(F)(F)F)C3=O)c2c1. The van der Waals surface area contributed by atoms with Gasteiger partial charge in [0.1, 0.15) is 0 Å². The van der Waals surface area contributed by atoms with Crippen molar-refractivity contribution in [2.24, 2.45) is 7.05 Å². The van der Waals surface area contributed by atoms with E-state index in [-0.39, 0.29) is 48.8 Å². The van der Waals surface area contributed by atoms with Crippen LogP contribution in [0, 0.1) is 0 Å². The Balaban J connectivity index is 1.30. The summed E-state index contributed by atoms with van der Waals surface area (Å²) in [6, 6.07) is 8.70. The lowest BCUT2D eigenvalue weighted by molar-refractivity contribution is -0.141. The van der Waals surface area contributed by atoms with Gasteiger partial charge in [-0.3, -0.25) is 24.0 Å². The molecule has 5 aromatic rings. The highest BCUT2D eigenvalue weighted by Crippen LogP contribution is 2.41. The van der Waals surface area contributed by atoms with Crippen molar-refractivity contribution in [3.8, 4) is 11.1 Å². The number of amides is 3. The van der Waals surface area contributed by atoms with Crippen LogP contribution in [0.25, 0.3) is 22.0 Å². The second-order valence-corrected chi connectivity index (χ2v) is 12.5. The third-order valence-corrected chi connectivity index (χ3v) is 9.17. The van der Waals surface area contributed by atoms with Gasteiger partial charge >= 0.3 is 6.18 Å². The van der Waals surface area contributed by atoms with E-state index in [9.17, 15) is 27.6 Å². The summed E-state index contributed by atoms with van der Waals surface area (Å²) in [7, 11) is 1.44. The number of carbonyl (C=O) groups is 3. The topological polar surface area (TPSA) is 118 Å². The third kappa shape index (κ3) is 5.91. The molecule has 1 saturated heterocycles. The van der Waals surface area contributed by atoms with Crippen LogP contribution in [0.4, 0.5) is 18.9 Å². The highest BCUT2D eigenvalue weighted by atomic mass is 19.4. The molecule has 0 saturated carbocycles. The molecular weight excluding hydrogens is 637 g/mol. The second kappa shape index (κ2) is 12.2. The molecule has 0 aliphatic carbocycles. The van der Waals surface area contributed by atoms with E-state index in [1.807, 2.05) is 13.0 Å². The summed E-state index contributed by atoms with van der Waals surface area (Å²) < 4.78 is 45.4. The van der Waals surface area contributed by atoms with Crippen molar-refractivity contribution in [2.45, 2.75) is 45.5 Å². The first-order valence-electron chi connectivity index (χ1n) is 15.9. The number of aryl methyl sites for hydroxylation is 2. The van der Waals surface area contributed by atoms with E-state index in [0.717, 1.165) is 10.2 Å². The Hall–Kier alpha value is -5.53. The molecule has 1 N–H and O–H groups in total. The van der Waals surface area contributed by atoms with Crippen LogP contribution in [0.1, 0.15) is 56.9 Å². The molecule has 2 aliphatic heterocycles. The molecule has 5 heterocycles. The number of halogens is 3. The highest BCUT2D eigenvalue weighted by molar-refractivity contribution is 6.15. The molecule has 0 radical (unpaired) electrons. The Kier molecular flexibility index (Phi) is 7.96. The predicted molar refractivity (Wildman–Crippen MR) is 175 cm³/mol. The van der Waals surface area contributed by atoms with Gasteiger partial charge in [-0.05, 0) is 65.4 Å². The van der Waals surface area contributed by atoms with E-state index in [0.29, 0.717) is 63.9 Å². The average molecular weight is 671 g/mol. The Morgan fingerprint density at radius 2 is 1.82 bits per heavy atom. The lowest BCUT2D eigenvalue weighted by Crippen LogP contribution is -2.60. The summed E-state index contributed by atoms with van der Waals surface area (Å²) in [6.45, 7) is 4.80. The van der Waals surface area contributed by atoms with Gasteiger partial charge in [-0.15, -0.1) is 0 Å². The number of hydrogen-bond donors (Lipinski definition) is 1. The molecule has 252 valence electrons. The van der Waals surface area contributed by atoms with Gasteiger partial charge in [-0.25, -0.2) is 4.98 Å². The number of alkyl halides is 3. The highest BCUT2D eigenvalue weighted by Gasteiger charge is 2.39. The van der Waals surface area contributed by atoms with Crippen LogP contribution in [0.15, 0.2) is 61.4 Å². The maximum absolute atomic E-state index is 14.5. The van der Waals surface area contributed by atoms with Crippen LogP contribution in [0.5, 0.6) is 0 Å². The number of likely N-dealkylation sites (tertiary alicyclic amines) is 1. The van der Waals surface area contributed by atoms with Gasteiger partial charge in [0.25, 0.3) is 11.8 Å². The minimum Gasteiger partial charge on any atom is -0.346 e. The van der Waals surface area contributed by atoms with Gasteiger partial charge in [0, 0.05) is 81.5 Å². The van der Waals surface area contributed by atoms with E-state index in [1.54, 1.807) is 63.6 Å². The van der Waals surface area contributed by atoms with Crippen molar-refractivity contribution >= 4 is 34.3 Å². The van der Waals surface area contributed by atoms with Crippen molar-refractivity contribution in [3.63, 3.8) is 0 Å². The minimum atomic E-state index is -4.70. The van der Waals surface area contributed by atoms with Crippen LogP contribution in [0.2, 0.25) is 0 Å². The zero-order chi connectivity index (χ0) is 34.6. The molecule has 49 heavy (non-hydrogen) atoms. The molecule has 2 aliphatic rings. The Bertz CT molecular complexity index is 2120. The Labute approximate surface area is 279 Å². The molecule has 2 aromatic carbocycles. The largest absolute Gasteiger partial charge is 0.435 e. The Morgan fingerprint density at radius 3 is 2.51 bits per heavy atom. The van der Waals surface area contributed by atoms with Crippen LogP contribution in [0.3, 0.4) is 0 Å². The molecule has 0 bridgehead atoms. The first kappa shape index (κ1) is 32.0. The Morgan fingerprint density at radius 1 is 1.04 bits per heavy atom. The third-order valence-electron chi connectivity index (χ3n) is 9.17. The lowest BCUT2D eigenvalue weighted by atomic mass is 9.87.